The van der Waals surface area contributed by atoms with Crippen molar-refractivity contribution in [3.63, 3.8) is 0 Å². The van der Waals surface area contributed by atoms with E-state index in [-0.39, 0.29) is 12.6 Å². The third-order valence-electron chi connectivity index (χ3n) is 3.00. The first-order valence-corrected chi connectivity index (χ1v) is 6.80. The number of carbonyl (C=O) groups excluding carboxylic acids is 2. The summed E-state index contributed by atoms with van der Waals surface area (Å²) in [6, 6.07) is 6.55. The average molecular weight is 302 g/mol. The van der Waals surface area contributed by atoms with Gasteiger partial charge in [-0.15, -0.1) is 10.2 Å². The van der Waals surface area contributed by atoms with E-state index in [0.717, 1.165) is 18.4 Å². The van der Waals surface area contributed by atoms with E-state index in [4.69, 9.17) is 9.15 Å². The van der Waals surface area contributed by atoms with Gasteiger partial charge in [-0.25, -0.2) is 4.79 Å². The molecule has 114 valence electrons. The molecule has 0 atom stereocenters. The van der Waals surface area contributed by atoms with Crippen LogP contribution in [0.15, 0.2) is 35.1 Å². The van der Waals surface area contributed by atoms with Gasteiger partial charge in [-0.1, -0.05) is 0 Å². The molecule has 1 heterocycles. The van der Waals surface area contributed by atoms with Gasteiger partial charge in [0, 0.05) is 11.6 Å². The number of nitrogens with one attached hydrogen (secondary N) is 2. The Bertz CT molecular complexity index is 650. The second-order valence-corrected chi connectivity index (χ2v) is 4.85. The van der Waals surface area contributed by atoms with E-state index in [1.54, 1.807) is 24.3 Å². The van der Waals surface area contributed by atoms with Gasteiger partial charge in [0.25, 0.3) is 5.91 Å². The molecule has 0 bridgehead atoms. The van der Waals surface area contributed by atoms with Gasteiger partial charge in [-0.2, -0.15) is 0 Å². The first-order chi connectivity index (χ1) is 10.7. The van der Waals surface area contributed by atoms with E-state index in [1.807, 2.05) is 0 Å². The molecule has 0 spiro atoms. The topological polar surface area (TPSA) is 106 Å². The third-order valence-corrected chi connectivity index (χ3v) is 3.00. The lowest BCUT2D eigenvalue weighted by molar-refractivity contribution is -0.122. The highest BCUT2D eigenvalue weighted by molar-refractivity contribution is 5.95. The second-order valence-electron chi connectivity index (χ2n) is 4.85. The van der Waals surface area contributed by atoms with Gasteiger partial charge in [-0.3, -0.25) is 10.1 Å². The Balaban J connectivity index is 1.46. The molecular weight excluding hydrogens is 288 g/mol. The number of hydrogen-bond acceptors (Lipinski definition) is 6. The van der Waals surface area contributed by atoms with Crippen molar-refractivity contribution in [1.82, 2.24) is 20.8 Å². The summed E-state index contributed by atoms with van der Waals surface area (Å²) < 4.78 is 10.4. The number of imide groups is 1. The van der Waals surface area contributed by atoms with Crippen molar-refractivity contribution >= 4 is 11.9 Å². The van der Waals surface area contributed by atoms with Crippen molar-refractivity contribution in [3.05, 3.63) is 30.7 Å². The van der Waals surface area contributed by atoms with Crippen LogP contribution in [0.4, 0.5) is 4.79 Å². The summed E-state index contributed by atoms with van der Waals surface area (Å²) in [4.78, 5) is 22.9. The van der Waals surface area contributed by atoms with Crippen LogP contribution in [0.1, 0.15) is 12.8 Å². The predicted octanol–water partition coefficient (Wildman–Crippen LogP) is 1.10. The minimum atomic E-state index is -0.501. The van der Waals surface area contributed by atoms with Gasteiger partial charge in [0.1, 0.15) is 5.75 Å². The molecule has 3 amide bonds. The fourth-order valence-corrected chi connectivity index (χ4v) is 1.75. The lowest BCUT2D eigenvalue weighted by Gasteiger charge is -2.07. The molecule has 2 N–H and O–H groups in total. The van der Waals surface area contributed by atoms with E-state index in [9.17, 15) is 9.59 Å². The predicted molar refractivity (Wildman–Crippen MR) is 74.9 cm³/mol. The maximum absolute atomic E-state index is 11.6. The SMILES string of the molecule is O=C(COc1ccc(-c2nnco2)cc1)NC(=O)NC1CC1. The number of carbonyl (C=O) groups is 2. The largest absolute Gasteiger partial charge is 0.484 e. The Labute approximate surface area is 125 Å². The van der Waals surface area contributed by atoms with Crippen molar-refractivity contribution in [2.45, 2.75) is 18.9 Å². The van der Waals surface area contributed by atoms with Crippen LogP contribution in [0.5, 0.6) is 5.75 Å². The zero-order valence-electron chi connectivity index (χ0n) is 11.6. The van der Waals surface area contributed by atoms with E-state index >= 15 is 0 Å². The number of nitrogens with zero attached hydrogens (tertiary/aromatic N) is 2. The van der Waals surface area contributed by atoms with Gasteiger partial charge in [0.05, 0.1) is 0 Å². The molecule has 1 saturated carbocycles. The molecule has 2 aromatic rings. The average Bonchev–Trinajstić information content (AvgIpc) is 3.15. The number of hydrogen-bond donors (Lipinski definition) is 2. The summed E-state index contributed by atoms with van der Waals surface area (Å²) in [6.45, 7) is -0.238. The molecule has 0 radical (unpaired) electrons. The van der Waals surface area contributed by atoms with E-state index < -0.39 is 11.9 Å². The summed E-state index contributed by atoms with van der Waals surface area (Å²) in [5, 5.41) is 12.2. The molecule has 1 aliphatic rings. The number of amides is 3. The zero-order chi connectivity index (χ0) is 15.4. The Hall–Kier alpha value is -2.90. The molecular formula is C14H14N4O4. The van der Waals surface area contributed by atoms with Gasteiger partial charge in [-0.05, 0) is 37.1 Å². The van der Waals surface area contributed by atoms with Crippen LogP contribution in [0.2, 0.25) is 0 Å². The van der Waals surface area contributed by atoms with E-state index in [1.165, 1.54) is 6.39 Å². The fourth-order valence-electron chi connectivity index (χ4n) is 1.75. The van der Waals surface area contributed by atoms with Gasteiger partial charge in [0.15, 0.2) is 6.61 Å². The second kappa shape index (κ2) is 6.25. The molecule has 0 unspecified atom stereocenters. The molecule has 1 aromatic heterocycles. The highest BCUT2D eigenvalue weighted by Gasteiger charge is 2.23. The quantitative estimate of drug-likeness (QED) is 0.856. The lowest BCUT2D eigenvalue weighted by atomic mass is 10.2. The van der Waals surface area contributed by atoms with Crippen LogP contribution < -0.4 is 15.4 Å². The molecule has 1 aliphatic carbocycles. The summed E-state index contributed by atoms with van der Waals surface area (Å²) in [7, 11) is 0. The molecule has 3 rings (SSSR count). The van der Waals surface area contributed by atoms with Gasteiger partial charge in [0.2, 0.25) is 12.3 Å². The summed E-state index contributed by atoms with van der Waals surface area (Å²) in [6.07, 6.45) is 3.17. The number of aromatic nitrogens is 2. The monoisotopic (exact) mass is 302 g/mol. The Morgan fingerprint density at radius 1 is 1.27 bits per heavy atom. The van der Waals surface area contributed by atoms with Gasteiger partial charge < -0.3 is 14.5 Å². The summed E-state index contributed by atoms with van der Waals surface area (Å²) in [5.74, 6) is 0.404. The maximum Gasteiger partial charge on any atom is 0.321 e. The first-order valence-electron chi connectivity index (χ1n) is 6.80. The van der Waals surface area contributed by atoms with Crippen molar-refractivity contribution in [1.29, 1.82) is 0 Å². The van der Waals surface area contributed by atoms with Crippen LogP contribution >= 0.6 is 0 Å². The number of urea groups is 1. The standard InChI is InChI=1S/C14H14N4O4/c19-12(17-14(20)16-10-3-4-10)7-21-11-5-1-9(2-6-11)13-18-15-8-22-13/h1-2,5-6,8,10H,3-4,7H2,(H2,16,17,19,20). The van der Waals surface area contributed by atoms with Crippen LogP contribution in [0.3, 0.4) is 0 Å². The maximum atomic E-state index is 11.6. The smallest absolute Gasteiger partial charge is 0.321 e. The highest BCUT2D eigenvalue weighted by Crippen LogP contribution is 2.20. The van der Waals surface area contributed by atoms with E-state index in [2.05, 4.69) is 20.8 Å². The summed E-state index contributed by atoms with van der Waals surface area (Å²) in [5.41, 5.74) is 0.748. The zero-order valence-corrected chi connectivity index (χ0v) is 11.6. The van der Waals surface area contributed by atoms with Gasteiger partial charge >= 0.3 is 6.03 Å². The van der Waals surface area contributed by atoms with Crippen LogP contribution in [-0.2, 0) is 4.79 Å². The van der Waals surface area contributed by atoms with Crippen LogP contribution in [0.25, 0.3) is 11.5 Å². The molecule has 0 aliphatic heterocycles. The Kier molecular flexibility index (Phi) is 3.99. The lowest BCUT2D eigenvalue weighted by Crippen LogP contribution is -2.42. The molecule has 1 aromatic carbocycles. The number of benzene rings is 1. The normalized spacial score (nSPS) is 13.5. The fraction of sp³-hybridized carbons (Fsp3) is 0.286. The number of ether oxygens (including phenoxy) is 1. The van der Waals surface area contributed by atoms with Crippen molar-refractivity contribution in [2.75, 3.05) is 6.61 Å². The highest BCUT2D eigenvalue weighted by atomic mass is 16.5. The molecule has 0 saturated heterocycles. The minimum absolute atomic E-state index is 0.200. The third kappa shape index (κ3) is 3.81. The molecule has 1 fully saturated rings. The van der Waals surface area contributed by atoms with Crippen molar-refractivity contribution in [2.24, 2.45) is 0 Å². The summed E-state index contributed by atoms with van der Waals surface area (Å²) >= 11 is 0. The molecule has 8 nitrogen and oxygen atoms in total. The van der Waals surface area contributed by atoms with Crippen LogP contribution in [0, 0.1) is 0 Å². The minimum Gasteiger partial charge on any atom is -0.484 e. The molecule has 22 heavy (non-hydrogen) atoms. The Morgan fingerprint density at radius 2 is 2.05 bits per heavy atom. The van der Waals surface area contributed by atoms with E-state index in [0.29, 0.717) is 11.6 Å². The number of rotatable bonds is 5. The van der Waals surface area contributed by atoms with Crippen molar-refractivity contribution < 1.29 is 18.7 Å². The van der Waals surface area contributed by atoms with Crippen molar-refractivity contribution in [3.8, 4) is 17.2 Å². The Morgan fingerprint density at radius 3 is 2.68 bits per heavy atom. The first kappa shape index (κ1) is 14.1. The van der Waals surface area contributed by atoms with Crippen LogP contribution in [-0.4, -0.2) is 34.8 Å². The molecule has 8 heteroatoms.